The fraction of sp³-hybridized carbons (Fsp3) is 0.500. The number of piperidine rings is 1. The summed E-state index contributed by atoms with van der Waals surface area (Å²) in [6.07, 6.45) is 6.70. The minimum atomic E-state index is -0.236. The van der Waals surface area contributed by atoms with Crippen LogP contribution in [0.3, 0.4) is 0 Å². The van der Waals surface area contributed by atoms with Crippen molar-refractivity contribution in [3.8, 4) is 5.75 Å². The fourth-order valence-corrected chi connectivity index (χ4v) is 4.34. The van der Waals surface area contributed by atoms with Crippen LogP contribution in [-0.2, 0) is 18.4 Å². The highest BCUT2D eigenvalue weighted by Crippen LogP contribution is 2.42. The molecular weight excluding hydrogens is 328 g/mol. The first-order chi connectivity index (χ1) is 12.6. The molecule has 0 radical (unpaired) electrons. The van der Waals surface area contributed by atoms with Gasteiger partial charge in [-0.05, 0) is 43.5 Å². The quantitative estimate of drug-likeness (QED) is 0.846. The lowest BCUT2D eigenvalue weighted by molar-refractivity contribution is -0.128. The van der Waals surface area contributed by atoms with E-state index in [1.165, 1.54) is 5.56 Å². The molecule has 1 atom stereocenters. The number of hydrogen-bond donors (Lipinski definition) is 0. The van der Waals surface area contributed by atoms with Crippen LogP contribution in [0.15, 0.2) is 36.7 Å². The van der Waals surface area contributed by atoms with Gasteiger partial charge in [-0.1, -0.05) is 12.1 Å². The molecule has 1 unspecified atom stereocenters. The maximum atomic E-state index is 13.2. The minimum absolute atomic E-state index is 0.236. The Morgan fingerprint density at radius 1 is 1.19 bits per heavy atom. The predicted octanol–water partition coefficient (Wildman–Crippen LogP) is 2.45. The summed E-state index contributed by atoms with van der Waals surface area (Å²) in [6, 6.07) is 8.22. The lowest BCUT2D eigenvalue weighted by atomic mass is 9.78. The SMILES string of the molecule is COc1ccc(CN2CCCC3(CCN(c4cnn(C)c4)C3=O)C2)cc1. The third-order valence-corrected chi connectivity index (χ3v) is 5.74. The molecule has 1 spiro atoms. The third kappa shape index (κ3) is 3.09. The minimum Gasteiger partial charge on any atom is -0.497 e. The molecule has 2 fully saturated rings. The number of anilines is 1. The zero-order valence-corrected chi connectivity index (χ0v) is 15.5. The normalized spacial score (nSPS) is 23.8. The lowest BCUT2D eigenvalue weighted by Crippen LogP contribution is -2.47. The molecule has 2 saturated heterocycles. The fourth-order valence-electron chi connectivity index (χ4n) is 4.34. The highest BCUT2D eigenvalue weighted by atomic mass is 16.5. The molecule has 1 aromatic heterocycles. The molecule has 26 heavy (non-hydrogen) atoms. The van der Waals surface area contributed by atoms with Crippen molar-refractivity contribution in [3.63, 3.8) is 0 Å². The van der Waals surface area contributed by atoms with E-state index < -0.39 is 0 Å². The van der Waals surface area contributed by atoms with E-state index in [1.807, 2.05) is 30.3 Å². The van der Waals surface area contributed by atoms with E-state index in [1.54, 1.807) is 18.0 Å². The van der Waals surface area contributed by atoms with Gasteiger partial charge in [0.15, 0.2) is 0 Å². The van der Waals surface area contributed by atoms with Crippen LogP contribution in [0, 0.1) is 5.41 Å². The average Bonchev–Trinajstić information content (AvgIpc) is 3.20. The molecule has 0 saturated carbocycles. The van der Waals surface area contributed by atoms with E-state index in [9.17, 15) is 4.79 Å². The van der Waals surface area contributed by atoms with Crippen molar-refractivity contribution >= 4 is 11.6 Å². The second-order valence-corrected chi connectivity index (χ2v) is 7.52. The Balaban J connectivity index is 1.46. The molecule has 6 nitrogen and oxygen atoms in total. The number of aryl methyl sites for hydroxylation is 1. The van der Waals surface area contributed by atoms with Crippen LogP contribution >= 0.6 is 0 Å². The van der Waals surface area contributed by atoms with Gasteiger partial charge in [-0.2, -0.15) is 5.10 Å². The van der Waals surface area contributed by atoms with Crippen LogP contribution in [0.4, 0.5) is 5.69 Å². The molecule has 0 aliphatic carbocycles. The Labute approximate surface area is 154 Å². The first-order valence-electron chi connectivity index (χ1n) is 9.26. The number of aromatic nitrogens is 2. The van der Waals surface area contributed by atoms with Crippen LogP contribution in [-0.4, -0.2) is 47.3 Å². The summed E-state index contributed by atoms with van der Waals surface area (Å²) >= 11 is 0. The van der Waals surface area contributed by atoms with Gasteiger partial charge in [0.1, 0.15) is 5.75 Å². The highest BCUT2D eigenvalue weighted by Gasteiger charge is 2.49. The van der Waals surface area contributed by atoms with E-state index in [4.69, 9.17) is 4.74 Å². The first-order valence-corrected chi connectivity index (χ1v) is 9.26. The Kier molecular flexibility index (Phi) is 4.44. The topological polar surface area (TPSA) is 50.6 Å². The predicted molar refractivity (Wildman–Crippen MR) is 100 cm³/mol. The molecule has 2 aromatic rings. The third-order valence-electron chi connectivity index (χ3n) is 5.74. The maximum Gasteiger partial charge on any atom is 0.234 e. The molecule has 1 amide bonds. The molecule has 4 rings (SSSR count). The summed E-state index contributed by atoms with van der Waals surface area (Å²) in [7, 11) is 3.57. The molecule has 2 aliphatic heterocycles. The van der Waals surface area contributed by atoms with Gasteiger partial charge in [0.05, 0.1) is 24.4 Å². The average molecular weight is 354 g/mol. The number of benzene rings is 1. The van der Waals surface area contributed by atoms with E-state index in [0.29, 0.717) is 0 Å². The smallest absolute Gasteiger partial charge is 0.234 e. The lowest BCUT2D eigenvalue weighted by Gasteiger charge is -2.39. The summed E-state index contributed by atoms with van der Waals surface area (Å²) in [4.78, 5) is 17.6. The number of nitrogens with zero attached hydrogens (tertiary/aromatic N) is 4. The summed E-state index contributed by atoms with van der Waals surface area (Å²) in [5, 5.41) is 4.22. The Morgan fingerprint density at radius 2 is 2.00 bits per heavy atom. The van der Waals surface area contributed by atoms with Crippen molar-refractivity contribution in [1.82, 2.24) is 14.7 Å². The van der Waals surface area contributed by atoms with Crippen molar-refractivity contribution < 1.29 is 9.53 Å². The number of rotatable bonds is 4. The summed E-state index contributed by atoms with van der Waals surface area (Å²) in [5.74, 6) is 1.15. The zero-order chi connectivity index (χ0) is 18.1. The number of methoxy groups -OCH3 is 1. The highest BCUT2D eigenvalue weighted by molar-refractivity contribution is 6.00. The molecule has 1 aromatic carbocycles. The van der Waals surface area contributed by atoms with E-state index in [0.717, 1.165) is 56.9 Å². The molecular formula is C20H26N4O2. The summed E-state index contributed by atoms with van der Waals surface area (Å²) in [6.45, 7) is 3.56. The first kappa shape index (κ1) is 17.1. The maximum absolute atomic E-state index is 13.2. The van der Waals surface area contributed by atoms with Crippen molar-refractivity contribution in [3.05, 3.63) is 42.2 Å². The van der Waals surface area contributed by atoms with E-state index in [-0.39, 0.29) is 11.3 Å². The number of ether oxygens (including phenoxy) is 1. The van der Waals surface area contributed by atoms with Crippen LogP contribution < -0.4 is 9.64 Å². The van der Waals surface area contributed by atoms with Crippen LogP contribution in [0.1, 0.15) is 24.8 Å². The van der Waals surface area contributed by atoms with Crippen LogP contribution in [0.2, 0.25) is 0 Å². The van der Waals surface area contributed by atoms with Gasteiger partial charge in [-0.15, -0.1) is 0 Å². The second-order valence-electron chi connectivity index (χ2n) is 7.52. The van der Waals surface area contributed by atoms with Gasteiger partial charge in [-0.25, -0.2) is 0 Å². The number of carbonyl (C=O) groups excluding carboxylic acids is 1. The number of carbonyl (C=O) groups is 1. The van der Waals surface area contributed by atoms with Crippen molar-refractivity contribution in [2.45, 2.75) is 25.8 Å². The zero-order valence-electron chi connectivity index (χ0n) is 15.5. The van der Waals surface area contributed by atoms with Gasteiger partial charge in [0, 0.05) is 32.9 Å². The number of likely N-dealkylation sites (tertiary alicyclic amines) is 1. The molecule has 6 heteroatoms. The number of hydrogen-bond acceptors (Lipinski definition) is 4. The Morgan fingerprint density at radius 3 is 2.69 bits per heavy atom. The van der Waals surface area contributed by atoms with Crippen LogP contribution in [0.5, 0.6) is 5.75 Å². The monoisotopic (exact) mass is 354 g/mol. The second kappa shape index (κ2) is 6.76. The number of amides is 1. The molecule has 0 bridgehead atoms. The Bertz CT molecular complexity index is 785. The van der Waals surface area contributed by atoms with Crippen molar-refractivity contribution in [1.29, 1.82) is 0 Å². The van der Waals surface area contributed by atoms with E-state index in [2.05, 4.69) is 22.1 Å². The molecule has 3 heterocycles. The van der Waals surface area contributed by atoms with Crippen molar-refractivity contribution in [2.75, 3.05) is 31.6 Å². The largest absolute Gasteiger partial charge is 0.497 e. The van der Waals surface area contributed by atoms with Gasteiger partial charge in [0.2, 0.25) is 5.91 Å². The van der Waals surface area contributed by atoms with Gasteiger partial charge < -0.3 is 9.64 Å². The van der Waals surface area contributed by atoms with Gasteiger partial charge in [-0.3, -0.25) is 14.4 Å². The molecule has 0 N–H and O–H groups in total. The molecule has 138 valence electrons. The van der Waals surface area contributed by atoms with Gasteiger partial charge >= 0.3 is 0 Å². The summed E-state index contributed by atoms with van der Waals surface area (Å²) < 4.78 is 6.99. The van der Waals surface area contributed by atoms with Gasteiger partial charge in [0.25, 0.3) is 0 Å². The Hall–Kier alpha value is -2.34. The molecule has 2 aliphatic rings. The van der Waals surface area contributed by atoms with Crippen LogP contribution in [0.25, 0.3) is 0 Å². The van der Waals surface area contributed by atoms with Crippen molar-refractivity contribution in [2.24, 2.45) is 12.5 Å². The summed E-state index contributed by atoms with van der Waals surface area (Å²) in [5.41, 5.74) is 1.94. The standard InChI is InChI=1S/C20H26N4O2/c1-22-14-17(12-21-22)24-11-9-20(19(24)25)8-3-10-23(15-20)13-16-4-6-18(26-2)7-5-16/h4-7,12,14H,3,8-11,13,15H2,1-2H3. The van der Waals surface area contributed by atoms with E-state index >= 15 is 0 Å².